The lowest BCUT2D eigenvalue weighted by Crippen LogP contribution is -2.39. The predicted molar refractivity (Wildman–Crippen MR) is 123 cm³/mol. The van der Waals surface area contributed by atoms with E-state index in [-0.39, 0.29) is 6.10 Å². The average Bonchev–Trinajstić information content (AvgIpc) is 2.72. The Labute approximate surface area is 185 Å². The van der Waals surface area contributed by atoms with E-state index in [2.05, 4.69) is 13.8 Å². The SMILES string of the molecule is CCCCCCCCCCCCCCOC(=O)C(C)(C)C(=O)OC1CCC(C)CC1. The largest absolute Gasteiger partial charge is 0.465 e. The second kappa shape index (κ2) is 15.7. The van der Waals surface area contributed by atoms with E-state index in [1.807, 2.05) is 0 Å². The van der Waals surface area contributed by atoms with E-state index >= 15 is 0 Å². The van der Waals surface area contributed by atoms with Crippen molar-refractivity contribution in [3.8, 4) is 0 Å². The Kier molecular flexibility index (Phi) is 14.1. The zero-order valence-electron chi connectivity index (χ0n) is 20.3. The van der Waals surface area contributed by atoms with Crippen molar-refractivity contribution in [1.82, 2.24) is 0 Å². The molecule has 0 heterocycles. The molecule has 0 N–H and O–H groups in total. The third-order valence-electron chi connectivity index (χ3n) is 6.49. The lowest BCUT2D eigenvalue weighted by molar-refractivity contribution is -0.174. The molecule has 176 valence electrons. The van der Waals surface area contributed by atoms with E-state index in [4.69, 9.17) is 9.47 Å². The molecule has 0 aromatic heterocycles. The molecule has 4 heteroatoms. The standard InChI is InChI=1S/C26H48O4/c1-5-6-7-8-9-10-11-12-13-14-15-16-21-29-24(27)26(3,4)25(28)30-23-19-17-22(2)18-20-23/h22-23H,5-21H2,1-4H3. The van der Waals surface area contributed by atoms with Crippen molar-refractivity contribution in [3.63, 3.8) is 0 Å². The van der Waals surface area contributed by atoms with Crippen LogP contribution < -0.4 is 0 Å². The molecule has 0 aliphatic heterocycles. The van der Waals surface area contributed by atoms with Crippen LogP contribution in [0.1, 0.15) is 130 Å². The first kappa shape index (κ1) is 27.0. The quantitative estimate of drug-likeness (QED) is 0.147. The summed E-state index contributed by atoms with van der Waals surface area (Å²) < 4.78 is 11.0. The molecule has 4 nitrogen and oxygen atoms in total. The summed E-state index contributed by atoms with van der Waals surface area (Å²) in [7, 11) is 0. The fraction of sp³-hybridized carbons (Fsp3) is 0.923. The Morgan fingerprint density at radius 1 is 0.733 bits per heavy atom. The highest BCUT2D eigenvalue weighted by atomic mass is 16.6. The number of unbranched alkanes of at least 4 members (excludes halogenated alkanes) is 11. The molecule has 0 radical (unpaired) electrons. The van der Waals surface area contributed by atoms with Crippen LogP contribution in [0.3, 0.4) is 0 Å². The number of hydrogen-bond acceptors (Lipinski definition) is 4. The van der Waals surface area contributed by atoms with Crippen molar-refractivity contribution in [2.75, 3.05) is 6.61 Å². The summed E-state index contributed by atoms with van der Waals surface area (Å²) in [5.74, 6) is -0.199. The van der Waals surface area contributed by atoms with Crippen molar-refractivity contribution in [2.45, 2.75) is 137 Å². The van der Waals surface area contributed by atoms with Crippen LogP contribution in [0.5, 0.6) is 0 Å². The van der Waals surface area contributed by atoms with E-state index in [9.17, 15) is 9.59 Å². The van der Waals surface area contributed by atoms with Gasteiger partial charge in [0.25, 0.3) is 0 Å². The van der Waals surface area contributed by atoms with Gasteiger partial charge in [-0.3, -0.25) is 9.59 Å². The minimum Gasteiger partial charge on any atom is -0.465 e. The van der Waals surface area contributed by atoms with Crippen LogP contribution in [0.25, 0.3) is 0 Å². The normalized spacial score (nSPS) is 19.5. The van der Waals surface area contributed by atoms with E-state index in [1.54, 1.807) is 13.8 Å². The topological polar surface area (TPSA) is 52.6 Å². The first-order valence-corrected chi connectivity index (χ1v) is 12.8. The zero-order chi connectivity index (χ0) is 22.2. The zero-order valence-corrected chi connectivity index (χ0v) is 20.3. The maximum absolute atomic E-state index is 12.5. The lowest BCUT2D eigenvalue weighted by Gasteiger charge is -2.29. The van der Waals surface area contributed by atoms with Gasteiger partial charge in [0.05, 0.1) is 6.61 Å². The van der Waals surface area contributed by atoms with Gasteiger partial charge in [-0.15, -0.1) is 0 Å². The molecule has 30 heavy (non-hydrogen) atoms. The molecule has 1 rings (SSSR count). The molecule has 0 bridgehead atoms. The van der Waals surface area contributed by atoms with E-state index in [1.165, 1.54) is 64.2 Å². The predicted octanol–water partition coefficient (Wildman–Crippen LogP) is 7.38. The van der Waals surface area contributed by atoms with Crippen molar-refractivity contribution in [2.24, 2.45) is 11.3 Å². The molecule has 1 fully saturated rings. The van der Waals surface area contributed by atoms with Crippen LogP contribution in [0.2, 0.25) is 0 Å². The lowest BCUT2D eigenvalue weighted by atomic mass is 9.88. The Bertz CT molecular complexity index is 464. The summed E-state index contributed by atoms with van der Waals surface area (Å²) in [4.78, 5) is 24.8. The van der Waals surface area contributed by atoms with Gasteiger partial charge in [-0.2, -0.15) is 0 Å². The second-order valence-corrected chi connectivity index (χ2v) is 9.94. The highest BCUT2D eigenvalue weighted by molar-refractivity contribution is 5.99. The highest BCUT2D eigenvalue weighted by Crippen LogP contribution is 2.28. The number of rotatable bonds is 16. The molecular weight excluding hydrogens is 376 g/mol. The van der Waals surface area contributed by atoms with Gasteiger partial charge in [-0.1, -0.05) is 84.5 Å². The van der Waals surface area contributed by atoms with Crippen LogP contribution in [-0.4, -0.2) is 24.6 Å². The number of ether oxygens (including phenoxy) is 2. The molecule has 0 aromatic carbocycles. The molecule has 0 saturated heterocycles. The molecule has 1 aliphatic carbocycles. The Morgan fingerprint density at radius 3 is 1.70 bits per heavy atom. The first-order chi connectivity index (χ1) is 14.4. The summed E-state index contributed by atoms with van der Waals surface area (Å²) in [6.07, 6.45) is 19.2. The van der Waals surface area contributed by atoms with Gasteiger partial charge in [0.2, 0.25) is 0 Å². The maximum Gasteiger partial charge on any atom is 0.323 e. The first-order valence-electron chi connectivity index (χ1n) is 12.8. The number of carbonyl (C=O) groups excluding carboxylic acids is 2. The van der Waals surface area contributed by atoms with Crippen LogP contribution >= 0.6 is 0 Å². The molecule has 0 atom stereocenters. The average molecular weight is 425 g/mol. The van der Waals surface area contributed by atoms with E-state index in [0.29, 0.717) is 12.5 Å². The fourth-order valence-corrected chi connectivity index (χ4v) is 4.02. The summed E-state index contributed by atoms with van der Waals surface area (Å²) in [5.41, 5.74) is -1.22. The fourth-order valence-electron chi connectivity index (χ4n) is 4.02. The molecule has 1 aliphatic rings. The monoisotopic (exact) mass is 424 g/mol. The highest BCUT2D eigenvalue weighted by Gasteiger charge is 2.40. The minimum absolute atomic E-state index is 0.0443. The summed E-state index contributed by atoms with van der Waals surface area (Å²) in [5, 5.41) is 0. The second-order valence-electron chi connectivity index (χ2n) is 9.94. The Balaban J connectivity index is 2.03. The van der Waals surface area contributed by atoms with Gasteiger partial charge in [-0.05, 0) is 51.9 Å². The molecular formula is C26H48O4. The van der Waals surface area contributed by atoms with Crippen LogP contribution in [0, 0.1) is 11.3 Å². The smallest absolute Gasteiger partial charge is 0.323 e. The van der Waals surface area contributed by atoms with Crippen molar-refractivity contribution in [3.05, 3.63) is 0 Å². The van der Waals surface area contributed by atoms with Gasteiger partial charge >= 0.3 is 11.9 Å². The third kappa shape index (κ3) is 11.4. The number of esters is 2. The number of carbonyl (C=O) groups is 2. The summed E-state index contributed by atoms with van der Waals surface area (Å²) >= 11 is 0. The van der Waals surface area contributed by atoms with Crippen molar-refractivity contribution >= 4 is 11.9 Å². The van der Waals surface area contributed by atoms with Crippen LogP contribution in [-0.2, 0) is 19.1 Å². The maximum atomic E-state index is 12.5. The Morgan fingerprint density at radius 2 is 1.20 bits per heavy atom. The van der Waals surface area contributed by atoms with Crippen molar-refractivity contribution in [1.29, 1.82) is 0 Å². The molecule has 0 spiro atoms. The van der Waals surface area contributed by atoms with Gasteiger partial charge in [0.1, 0.15) is 6.10 Å². The summed E-state index contributed by atoms with van der Waals surface area (Å²) in [6, 6.07) is 0. The van der Waals surface area contributed by atoms with Gasteiger partial charge in [0.15, 0.2) is 5.41 Å². The van der Waals surface area contributed by atoms with E-state index < -0.39 is 17.4 Å². The van der Waals surface area contributed by atoms with Crippen LogP contribution in [0.15, 0.2) is 0 Å². The molecule has 0 amide bonds. The van der Waals surface area contributed by atoms with Gasteiger partial charge < -0.3 is 9.47 Å². The molecule has 0 aromatic rings. The molecule has 1 saturated carbocycles. The summed E-state index contributed by atoms with van der Waals surface area (Å²) in [6.45, 7) is 8.12. The van der Waals surface area contributed by atoms with E-state index in [0.717, 1.165) is 38.5 Å². The Hall–Kier alpha value is -1.06. The van der Waals surface area contributed by atoms with Crippen LogP contribution in [0.4, 0.5) is 0 Å². The minimum atomic E-state index is -1.22. The number of hydrogen-bond donors (Lipinski definition) is 0. The van der Waals surface area contributed by atoms with Gasteiger partial charge in [-0.25, -0.2) is 0 Å². The van der Waals surface area contributed by atoms with Gasteiger partial charge in [0, 0.05) is 0 Å². The third-order valence-corrected chi connectivity index (χ3v) is 6.49. The van der Waals surface area contributed by atoms with Crippen molar-refractivity contribution < 1.29 is 19.1 Å². The molecule has 0 unspecified atom stereocenters.